The van der Waals surface area contributed by atoms with Crippen molar-refractivity contribution in [2.75, 3.05) is 26.2 Å². The van der Waals surface area contributed by atoms with E-state index >= 15 is 0 Å². The lowest BCUT2D eigenvalue weighted by atomic mass is 10.0. The Morgan fingerprint density at radius 3 is 2.65 bits per heavy atom. The van der Waals surface area contributed by atoms with Gasteiger partial charge in [0.2, 0.25) is 0 Å². The maximum atomic E-state index is 13.1. The Hall–Kier alpha value is -1.95. The lowest BCUT2D eigenvalue weighted by molar-refractivity contribution is 0.0783. The van der Waals surface area contributed by atoms with Gasteiger partial charge in [-0.05, 0) is 38.7 Å². The minimum Gasteiger partial charge on any atom is -0.338 e. The Morgan fingerprint density at radius 1 is 1.30 bits per heavy atom. The summed E-state index contributed by atoms with van der Waals surface area (Å²) in [7, 11) is 0. The molecule has 0 unspecified atom stereocenters. The number of carbonyl (C=O) groups excluding carboxylic acids is 1. The molecular formula is C17H23N5O. The molecule has 0 aliphatic carbocycles. The molecule has 1 N–H and O–H groups in total. The number of hydrogen-bond acceptors (Lipinski definition) is 4. The summed E-state index contributed by atoms with van der Waals surface area (Å²) in [6.45, 7) is 9.88. The van der Waals surface area contributed by atoms with E-state index in [9.17, 15) is 4.79 Å². The molecule has 2 atom stereocenters. The van der Waals surface area contributed by atoms with E-state index in [0.717, 1.165) is 48.5 Å². The smallest absolute Gasteiger partial charge is 0.254 e. The molecule has 122 valence electrons. The topological polar surface area (TPSA) is 63.1 Å². The van der Waals surface area contributed by atoms with E-state index in [4.69, 9.17) is 0 Å². The van der Waals surface area contributed by atoms with Crippen molar-refractivity contribution in [1.82, 2.24) is 25.0 Å². The number of pyridine rings is 1. The zero-order valence-corrected chi connectivity index (χ0v) is 13.9. The number of hydrogen-bond donors (Lipinski definition) is 1. The lowest BCUT2D eigenvalue weighted by Crippen LogP contribution is -2.32. The monoisotopic (exact) mass is 313 g/mol. The van der Waals surface area contributed by atoms with E-state index in [1.807, 2.05) is 22.6 Å². The van der Waals surface area contributed by atoms with Gasteiger partial charge in [0.05, 0.1) is 17.1 Å². The number of fused-ring (bicyclic) bond motifs is 2. The van der Waals surface area contributed by atoms with Crippen molar-refractivity contribution in [3.63, 3.8) is 0 Å². The van der Waals surface area contributed by atoms with Crippen LogP contribution < -0.4 is 5.32 Å². The number of aryl methyl sites for hydroxylation is 1. The van der Waals surface area contributed by atoms with E-state index < -0.39 is 0 Å². The minimum atomic E-state index is 0.123. The standard InChI is InChI=1S/C17H23N5O/c1-10(2)22-16-15(7-19-22)14(4-11(3)20-16)17(23)21-8-12-5-18-6-13(12)9-21/h4,7,10,12-13,18H,5-6,8-9H2,1-3H3/t12-,13+. The highest BCUT2D eigenvalue weighted by Gasteiger charge is 2.38. The Bertz CT molecular complexity index is 754. The second-order valence-corrected chi connectivity index (χ2v) is 7.12. The second kappa shape index (κ2) is 5.30. The van der Waals surface area contributed by atoms with Crippen LogP contribution in [0.2, 0.25) is 0 Å². The van der Waals surface area contributed by atoms with E-state index in [-0.39, 0.29) is 11.9 Å². The van der Waals surface area contributed by atoms with Gasteiger partial charge in [-0.1, -0.05) is 0 Å². The Labute approximate surface area is 135 Å². The summed E-state index contributed by atoms with van der Waals surface area (Å²) < 4.78 is 1.89. The third-order valence-corrected chi connectivity index (χ3v) is 5.09. The van der Waals surface area contributed by atoms with E-state index in [0.29, 0.717) is 11.8 Å². The van der Waals surface area contributed by atoms with Crippen LogP contribution in [0.4, 0.5) is 0 Å². The van der Waals surface area contributed by atoms with Crippen molar-refractivity contribution in [2.24, 2.45) is 11.8 Å². The van der Waals surface area contributed by atoms with Crippen molar-refractivity contribution in [2.45, 2.75) is 26.8 Å². The first kappa shape index (κ1) is 14.6. The van der Waals surface area contributed by atoms with Gasteiger partial charge in [0.25, 0.3) is 5.91 Å². The molecule has 23 heavy (non-hydrogen) atoms. The van der Waals surface area contributed by atoms with Crippen LogP contribution in [0.15, 0.2) is 12.3 Å². The third kappa shape index (κ3) is 2.32. The normalized spacial score (nSPS) is 23.9. The van der Waals surface area contributed by atoms with Gasteiger partial charge < -0.3 is 10.2 Å². The molecule has 2 aromatic heterocycles. The Kier molecular flexibility index (Phi) is 3.37. The molecule has 2 aromatic rings. The predicted octanol–water partition coefficient (Wildman–Crippen LogP) is 1.61. The lowest BCUT2D eigenvalue weighted by Gasteiger charge is -2.18. The van der Waals surface area contributed by atoms with Crippen LogP contribution in [0.5, 0.6) is 0 Å². The van der Waals surface area contributed by atoms with Gasteiger partial charge in [-0.25, -0.2) is 9.67 Å². The van der Waals surface area contributed by atoms with Gasteiger partial charge in [-0.15, -0.1) is 0 Å². The van der Waals surface area contributed by atoms with Crippen LogP contribution in [0, 0.1) is 18.8 Å². The fourth-order valence-corrected chi connectivity index (χ4v) is 3.89. The third-order valence-electron chi connectivity index (χ3n) is 5.09. The van der Waals surface area contributed by atoms with Crippen molar-refractivity contribution in [3.8, 4) is 0 Å². The highest BCUT2D eigenvalue weighted by Crippen LogP contribution is 2.29. The molecular weight excluding hydrogens is 290 g/mol. The molecule has 4 rings (SSSR count). The van der Waals surface area contributed by atoms with Gasteiger partial charge in [0, 0.05) is 37.9 Å². The van der Waals surface area contributed by atoms with Crippen LogP contribution in [0.3, 0.4) is 0 Å². The summed E-state index contributed by atoms with van der Waals surface area (Å²) in [5, 5.41) is 8.72. The summed E-state index contributed by atoms with van der Waals surface area (Å²) in [5.74, 6) is 1.34. The maximum absolute atomic E-state index is 13.1. The van der Waals surface area contributed by atoms with Gasteiger partial charge in [-0.2, -0.15) is 5.10 Å². The fraction of sp³-hybridized carbons (Fsp3) is 0.588. The minimum absolute atomic E-state index is 0.123. The highest BCUT2D eigenvalue weighted by atomic mass is 16.2. The summed E-state index contributed by atoms with van der Waals surface area (Å²) in [4.78, 5) is 19.7. The van der Waals surface area contributed by atoms with Crippen LogP contribution in [0.1, 0.15) is 35.9 Å². The number of nitrogens with zero attached hydrogens (tertiary/aromatic N) is 4. The molecule has 2 saturated heterocycles. The largest absolute Gasteiger partial charge is 0.338 e. The predicted molar refractivity (Wildman–Crippen MR) is 88.4 cm³/mol. The van der Waals surface area contributed by atoms with Crippen molar-refractivity contribution in [1.29, 1.82) is 0 Å². The number of rotatable bonds is 2. The molecule has 0 spiro atoms. The summed E-state index contributed by atoms with van der Waals surface area (Å²) in [6, 6.07) is 2.13. The zero-order valence-electron chi connectivity index (χ0n) is 13.9. The molecule has 2 fully saturated rings. The zero-order chi connectivity index (χ0) is 16.1. The van der Waals surface area contributed by atoms with Gasteiger partial charge >= 0.3 is 0 Å². The molecule has 1 amide bonds. The highest BCUT2D eigenvalue weighted by molar-refractivity contribution is 6.05. The fourth-order valence-electron chi connectivity index (χ4n) is 3.89. The summed E-state index contributed by atoms with van der Waals surface area (Å²) >= 11 is 0. The molecule has 0 aromatic carbocycles. The number of nitrogens with one attached hydrogen (secondary N) is 1. The number of aromatic nitrogens is 3. The molecule has 2 aliphatic heterocycles. The number of likely N-dealkylation sites (tertiary alicyclic amines) is 1. The Morgan fingerprint density at radius 2 is 2.00 bits per heavy atom. The molecule has 0 radical (unpaired) electrons. The van der Waals surface area contributed by atoms with Crippen molar-refractivity contribution < 1.29 is 4.79 Å². The number of amides is 1. The van der Waals surface area contributed by atoms with Crippen molar-refractivity contribution >= 4 is 16.9 Å². The molecule has 2 aliphatic rings. The molecule has 6 nitrogen and oxygen atoms in total. The van der Waals surface area contributed by atoms with Crippen LogP contribution in [0.25, 0.3) is 11.0 Å². The van der Waals surface area contributed by atoms with Crippen LogP contribution >= 0.6 is 0 Å². The van der Waals surface area contributed by atoms with E-state index in [1.54, 1.807) is 6.20 Å². The first-order valence-electron chi connectivity index (χ1n) is 8.39. The van der Waals surface area contributed by atoms with Gasteiger partial charge in [-0.3, -0.25) is 4.79 Å². The molecule has 0 bridgehead atoms. The molecule has 4 heterocycles. The van der Waals surface area contributed by atoms with Crippen LogP contribution in [-0.2, 0) is 0 Å². The second-order valence-electron chi connectivity index (χ2n) is 7.12. The average molecular weight is 313 g/mol. The van der Waals surface area contributed by atoms with E-state index in [2.05, 4.69) is 29.2 Å². The maximum Gasteiger partial charge on any atom is 0.254 e. The quantitative estimate of drug-likeness (QED) is 0.915. The number of carbonyl (C=O) groups is 1. The first-order valence-corrected chi connectivity index (χ1v) is 8.39. The van der Waals surface area contributed by atoms with Gasteiger partial charge in [0.15, 0.2) is 5.65 Å². The van der Waals surface area contributed by atoms with E-state index in [1.165, 1.54) is 0 Å². The SMILES string of the molecule is Cc1cc(C(=O)N2C[C@H]3CNC[C@H]3C2)c2cnn(C(C)C)c2n1. The summed E-state index contributed by atoms with van der Waals surface area (Å²) in [6.07, 6.45) is 1.79. The first-order chi connectivity index (χ1) is 11.0. The van der Waals surface area contributed by atoms with Gasteiger partial charge in [0.1, 0.15) is 0 Å². The molecule has 0 saturated carbocycles. The Balaban J connectivity index is 1.72. The average Bonchev–Trinajstić information content (AvgIpc) is 3.18. The van der Waals surface area contributed by atoms with Crippen LogP contribution in [-0.4, -0.2) is 51.8 Å². The molecule has 6 heteroatoms. The summed E-state index contributed by atoms with van der Waals surface area (Å²) in [5.41, 5.74) is 2.42. The van der Waals surface area contributed by atoms with Crippen molar-refractivity contribution in [3.05, 3.63) is 23.5 Å².